The van der Waals surface area contributed by atoms with Crippen molar-refractivity contribution in [2.24, 2.45) is 5.92 Å². The molecule has 120 valence electrons. The number of hydrogen-bond donors (Lipinski definition) is 1. The Morgan fingerprint density at radius 3 is 2.71 bits per heavy atom. The summed E-state index contributed by atoms with van der Waals surface area (Å²) in [4.78, 5) is 2.79. The maximum atomic E-state index is 3.85. The van der Waals surface area contributed by atoms with Gasteiger partial charge in [-0.05, 0) is 47.6 Å². The molecule has 0 aromatic carbocycles. The van der Waals surface area contributed by atoms with Crippen molar-refractivity contribution in [2.45, 2.75) is 65.0 Å². The van der Waals surface area contributed by atoms with Crippen molar-refractivity contribution >= 4 is 11.3 Å². The van der Waals surface area contributed by atoms with Crippen molar-refractivity contribution < 1.29 is 0 Å². The van der Waals surface area contributed by atoms with Gasteiger partial charge >= 0.3 is 0 Å². The molecule has 0 aliphatic carbocycles. The van der Waals surface area contributed by atoms with Gasteiger partial charge in [-0.25, -0.2) is 0 Å². The van der Waals surface area contributed by atoms with Gasteiger partial charge in [0.2, 0.25) is 0 Å². The normalized spacial score (nSPS) is 24.1. The maximum absolute atomic E-state index is 3.85. The summed E-state index contributed by atoms with van der Waals surface area (Å²) in [6, 6.07) is 2.93. The third-order valence-electron chi connectivity index (χ3n) is 5.68. The summed E-state index contributed by atoms with van der Waals surface area (Å²) in [6.45, 7) is 13.0. The van der Waals surface area contributed by atoms with Gasteiger partial charge in [-0.2, -0.15) is 11.3 Å². The van der Waals surface area contributed by atoms with Crippen LogP contribution in [0.5, 0.6) is 0 Å². The van der Waals surface area contributed by atoms with E-state index in [4.69, 9.17) is 0 Å². The minimum atomic E-state index is 0.361. The van der Waals surface area contributed by atoms with E-state index < -0.39 is 0 Å². The predicted octanol–water partition coefficient (Wildman–Crippen LogP) is 4.17. The average Bonchev–Trinajstić information content (AvgIpc) is 3.05. The van der Waals surface area contributed by atoms with Gasteiger partial charge in [0.1, 0.15) is 0 Å². The highest BCUT2D eigenvalue weighted by atomic mass is 32.1. The molecule has 0 spiro atoms. The lowest BCUT2D eigenvalue weighted by Gasteiger charge is -2.51. The molecule has 1 N–H and O–H groups in total. The molecular weight excluding hydrogens is 276 g/mol. The second-order valence-corrected chi connectivity index (χ2v) is 7.41. The summed E-state index contributed by atoms with van der Waals surface area (Å²) in [6.07, 6.45) is 4.94. The van der Waals surface area contributed by atoms with Crippen LogP contribution in [0.3, 0.4) is 0 Å². The van der Waals surface area contributed by atoms with Crippen LogP contribution < -0.4 is 5.32 Å². The molecule has 0 radical (unpaired) electrons. The molecule has 2 unspecified atom stereocenters. The molecule has 2 rings (SSSR count). The van der Waals surface area contributed by atoms with Gasteiger partial charge in [-0.15, -0.1) is 0 Å². The molecule has 2 nitrogen and oxygen atoms in total. The van der Waals surface area contributed by atoms with E-state index in [1.165, 1.54) is 44.3 Å². The van der Waals surface area contributed by atoms with Gasteiger partial charge in [0, 0.05) is 31.2 Å². The Labute approximate surface area is 134 Å². The van der Waals surface area contributed by atoms with Crippen molar-refractivity contribution in [2.75, 3.05) is 19.6 Å². The van der Waals surface area contributed by atoms with E-state index in [1.54, 1.807) is 0 Å². The van der Waals surface area contributed by atoms with E-state index in [1.807, 2.05) is 11.3 Å². The first-order valence-electron chi connectivity index (χ1n) is 8.64. The van der Waals surface area contributed by atoms with Gasteiger partial charge in [0.15, 0.2) is 0 Å². The van der Waals surface area contributed by atoms with Gasteiger partial charge in [0.25, 0.3) is 0 Å². The molecule has 1 aromatic rings. The zero-order valence-electron chi connectivity index (χ0n) is 14.2. The molecule has 2 heterocycles. The van der Waals surface area contributed by atoms with Gasteiger partial charge in [0.05, 0.1) is 0 Å². The number of thiophene rings is 1. The zero-order chi connectivity index (χ0) is 15.3. The van der Waals surface area contributed by atoms with Crippen LogP contribution in [0, 0.1) is 5.92 Å². The van der Waals surface area contributed by atoms with Crippen molar-refractivity contribution in [3.8, 4) is 0 Å². The fourth-order valence-corrected chi connectivity index (χ4v) is 4.27. The lowest BCUT2D eigenvalue weighted by Crippen LogP contribution is -2.65. The van der Waals surface area contributed by atoms with Gasteiger partial charge in [-0.3, -0.25) is 4.90 Å². The highest BCUT2D eigenvalue weighted by molar-refractivity contribution is 7.07. The van der Waals surface area contributed by atoms with Crippen LogP contribution in [0.2, 0.25) is 0 Å². The van der Waals surface area contributed by atoms with E-state index in [2.05, 4.69) is 54.7 Å². The highest BCUT2D eigenvalue weighted by Crippen LogP contribution is 2.29. The fourth-order valence-electron chi connectivity index (χ4n) is 3.57. The predicted molar refractivity (Wildman–Crippen MR) is 94.2 cm³/mol. The Kier molecular flexibility index (Phi) is 6.27. The van der Waals surface area contributed by atoms with Crippen LogP contribution in [0.15, 0.2) is 16.8 Å². The first-order valence-corrected chi connectivity index (χ1v) is 9.59. The molecule has 21 heavy (non-hydrogen) atoms. The summed E-state index contributed by atoms with van der Waals surface area (Å²) in [5, 5.41) is 8.34. The molecule has 1 aliphatic heterocycles. The molecular formula is C18H32N2S. The SMILES string of the molecule is CCC(C)C1CN(CCc2ccsc2)C(CC)(CC)CN1. The second kappa shape index (κ2) is 7.75. The Balaban J connectivity index is 2.05. The van der Waals surface area contributed by atoms with Crippen LogP contribution in [-0.2, 0) is 6.42 Å². The van der Waals surface area contributed by atoms with Gasteiger partial charge in [-0.1, -0.05) is 34.1 Å². The highest BCUT2D eigenvalue weighted by Gasteiger charge is 2.39. The summed E-state index contributed by atoms with van der Waals surface area (Å²) in [5.41, 5.74) is 1.86. The molecule has 0 saturated carbocycles. The van der Waals surface area contributed by atoms with Crippen LogP contribution in [0.1, 0.15) is 52.5 Å². The van der Waals surface area contributed by atoms with Crippen molar-refractivity contribution in [3.63, 3.8) is 0 Å². The molecule has 1 aliphatic rings. The molecule has 0 amide bonds. The van der Waals surface area contributed by atoms with Crippen molar-refractivity contribution in [1.82, 2.24) is 10.2 Å². The minimum absolute atomic E-state index is 0.361. The molecule has 3 heteroatoms. The van der Waals surface area contributed by atoms with Gasteiger partial charge < -0.3 is 5.32 Å². The molecule has 1 fully saturated rings. The maximum Gasteiger partial charge on any atom is 0.0329 e. The summed E-state index contributed by atoms with van der Waals surface area (Å²) in [5.74, 6) is 0.764. The number of nitrogens with zero attached hydrogens (tertiary/aromatic N) is 1. The fraction of sp³-hybridized carbons (Fsp3) is 0.778. The van der Waals surface area contributed by atoms with Crippen LogP contribution >= 0.6 is 11.3 Å². The van der Waals surface area contributed by atoms with E-state index in [0.29, 0.717) is 11.6 Å². The van der Waals surface area contributed by atoms with E-state index in [-0.39, 0.29) is 0 Å². The smallest absolute Gasteiger partial charge is 0.0329 e. The Hall–Kier alpha value is -0.380. The molecule has 0 bridgehead atoms. The zero-order valence-corrected chi connectivity index (χ0v) is 15.0. The van der Waals surface area contributed by atoms with E-state index in [9.17, 15) is 0 Å². The molecule has 1 aromatic heterocycles. The van der Waals surface area contributed by atoms with E-state index >= 15 is 0 Å². The van der Waals surface area contributed by atoms with Crippen LogP contribution in [-0.4, -0.2) is 36.1 Å². The topological polar surface area (TPSA) is 15.3 Å². The van der Waals surface area contributed by atoms with Crippen molar-refractivity contribution in [1.29, 1.82) is 0 Å². The molecule has 2 atom stereocenters. The largest absolute Gasteiger partial charge is 0.311 e. The number of piperazine rings is 1. The number of nitrogens with one attached hydrogen (secondary N) is 1. The summed E-state index contributed by atoms with van der Waals surface area (Å²) < 4.78 is 0. The Morgan fingerprint density at radius 1 is 1.38 bits per heavy atom. The third-order valence-corrected chi connectivity index (χ3v) is 6.41. The van der Waals surface area contributed by atoms with Crippen LogP contribution in [0.25, 0.3) is 0 Å². The Bertz CT molecular complexity index is 397. The summed E-state index contributed by atoms with van der Waals surface area (Å²) in [7, 11) is 0. The Morgan fingerprint density at radius 2 is 2.14 bits per heavy atom. The minimum Gasteiger partial charge on any atom is -0.311 e. The first-order chi connectivity index (χ1) is 10.1. The lowest BCUT2D eigenvalue weighted by molar-refractivity contribution is 0.0213. The molecule has 1 saturated heterocycles. The van der Waals surface area contributed by atoms with Crippen LogP contribution in [0.4, 0.5) is 0 Å². The summed E-state index contributed by atoms with van der Waals surface area (Å²) >= 11 is 1.82. The monoisotopic (exact) mass is 308 g/mol. The average molecular weight is 309 g/mol. The number of rotatable bonds is 7. The quantitative estimate of drug-likeness (QED) is 0.813. The lowest BCUT2D eigenvalue weighted by atomic mass is 9.84. The number of hydrogen-bond acceptors (Lipinski definition) is 3. The van der Waals surface area contributed by atoms with Crippen molar-refractivity contribution in [3.05, 3.63) is 22.4 Å². The third kappa shape index (κ3) is 3.88. The van der Waals surface area contributed by atoms with E-state index in [0.717, 1.165) is 12.5 Å². The standard InChI is InChI=1S/C18H32N2S/c1-5-15(4)17-12-20(10-8-16-9-11-21-13-16)18(6-2,7-3)14-19-17/h9,11,13,15,17,19H,5-8,10,12,14H2,1-4H3. The first kappa shape index (κ1) is 17.0. The second-order valence-electron chi connectivity index (χ2n) is 6.63.